The molecule has 3 rings (SSSR count). The van der Waals surface area contributed by atoms with Gasteiger partial charge in [0.2, 0.25) is 0 Å². The fourth-order valence-corrected chi connectivity index (χ4v) is 3.82. The summed E-state index contributed by atoms with van der Waals surface area (Å²) >= 11 is 0. The van der Waals surface area contributed by atoms with Crippen LogP contribution in [0, 0.1) is 34.0 Å². The van der Waals surface area contributed by atoms with Crippen LogP contribution in [0.1, 0.15) is 37.8 Å². The Morgan fingerprint density at radius 2 is 2.00 bits per heavy atom. The lowest BCUT2D eigenvalue weighted by Crippen LogP contribution is -2.67. The first kappa shape index (κ1) is 13.9. The van der Waals surface area contributed by atoms with Crippen LogP contribution in [-0.2, 0) is 4.74 Å². The van der Waals surface area contributed by atoms with Gasteiger partial charge in [-0.25, -0.2) is 0 Å². The van der Waals surface area contributed by atoms with E-state index in [2.05, 4.69) is 25.2 Å². The van der Waals surface area contributed by atoms with Gasteiger partial charge in [-0.2, -0.15) is 10.5 Å². The molecule has 1 heterocycles. The molecule has 21 heavy (non-hydrogen) atoms. The zero-order chi connectivity index (χ0) is 15.0. The lowest BCUT2D eigenvalue weighted by Gasteiger charge is -2.60. The predicted molar refractivity (Wildman–Crippen MR) is 79.5 cm³/mol. The third-order valence-electron chi connectivity index (χ3n) is 4.91. The molecule has 0 spiro atoms. The van der Waals surface area contributed by atoms with Gasteiger partial charge >= 0.3 is 0 Å². The van der Waals surface area contributed by atoms with Gasteiger partial charge in [0.15, 0.2) is 0 Å². The van der Waals surface area contributed by atoms with Crippen LogP contribution in [0.2, 0.25) is 0 Å². The Morgan fingerprint density at radius 3 is 2.71 bits per heavy atom. The van der Waals surface area contributed by atoms with E-state index in [9.17, 15) is 0 Å². The first-order chi connectivity index (χ1) is 10.1. The largest absolute Gasteiger partial charge is 0.381 e. The SMILES string of the molecule is CC1(C)C(Nc2ccc(C#N)c(C#N)c2)C2CCCOC21. The van der Waals surface area contributed by atoms with Gasteiger partial charge in [0.25, 0.3) is 0 Å². The Bertz CT molecular complexity index is 638. The summed E-state index contributed by atoms with van der Waals surface area (Å²) in [6, 6.07) is 9.84. The van der Waals surface area contributed by atoms with Gasteiger partial charge in [0.1, 0.15) is 12.1 Å². The van der Waals surface area contributed by atoms with Crippen molar-refractivity contribution in [1.82, 2.24) is 0 Å². The standard InChI is InChI=1S/C17H19N3O/c1-17(2)15(14-4-3-7-21-16(14)17)20-13-6-5-11(9-18)12(8-13)10-19/h5-6,8,14-16,20H,3-4,7H2,1-2H3. The fourth-order valence-electron chi connectivity index (χ4n) is 3.82. The number of hydrogen-bond acceptors (Lipinski definition) is 4. The molecule has 3 unspecified atom stereocenters. The number of hydrogen-bond donors (Lipinski definition) is 1. The van der Waals surface area contributed by atoms with Gasteiger partial charge < -0.3 is 10.1 Å². The van der Waals surface area contributed by atoms with Crippen molar-refractivity contribution in [3.8, 4) is 12.1 Å². The Morgan fingerprint density at radius 1 is 1.24 bits per heavy atom. The van der Waals surface area contributed by atoms with Crippen LogP contribution >= 0.6 is 0 Å². The minimum Gasteiger partial charge on any atom is -0.381 e. The summed E-state index contributed by atoms with van der Waals surface area (Å²) in [4.78, 5) is 0. The van der Waals surface area contributed by atoms with E-state index < -0.39 is 0 Å². The molecule has 1 saturated carbocycles. The average molecular weight is 281 g/mol. The van der Waals surface area contributed by atoms with Crippen LogP contribution in [0.5, 0.6) is 0 Å². The van der Waals surface area contributed by atoms with Crippen LogP contribution in [0.3, 0.4) is 0 Å². The molecule has 0 aromatic heterocycles. The van der Waals surface area contributed by atoms with Gasteiger partial charge in [0, 0.05) is 29.7 Å². The summed E-state index contributed by atoms with van der Waals surface area (Å²) in [5.41, 5.74) is 1.85. The van der Waals surface area contributed by atoms with Crippen LogP contribution < -0.4 is 5.32 Å². The number of fused-ring (bicyclic) bond motifs is 1. The molecule has 0 amide bonds. The van der Waals surface area contributed by atoms with Gasteiger partial charge in [-0.3, -0.25) is 0 Å². The molecule has 4 heteroatoms. The van der Waals surface area contributed by atoms with E-state index in [0.717, 1.165) is 18.7 Å². The maximum atomic E-state index is 9.12. The van der Waals surface area contributed by atoms with Crippen molar-refractivity contribution in [2.45, 2.75) is 38.8 Å². The molecule has 0 radical (unpaired) electrons. The van der Waals surface area contributed by atoms with Gasteiger partial charge in [-0.15, -0.1) is 0 Å². The topological polar surface area (TPSA) is 68.8 Å². The van der Waals surface area contributed by atoms with E-state index in [4.69, 9.17) is 15.3 Å². The highest BCUT2D eigenvalue weighted by Crippen LogP contribution is 2.52. The summed E-state index contributed by atoms with van der Waals surface area (Å²) < 4.78 is 5.91. The third-order valence-corrected chi connectivity index (χ3v) is 4.91. The summed E-state index contributed by atoms with van der Waals surface area (Å²) in [6.45, 7) is 5.32. The summed E-state index contributed by atoms with van der Waals surface area (Å²) in [5, 5.41) is 21.7. The molecule has 1 saturated heterocycles. The second-order valence-corrected chi connectivity index (χ2v) is 6.52. The summed E-state index contributed by atoms with van der Waals surface area (Å²) in [7, 11) is 0. The number of nitrogens with zero attached hydrogens (tertiary/aromatic N) is 2. The molecular weight excluding hydrogens is 262 g/mol. The minimum absolute atomic E-state index is 0.0891. The minimum atomic E-state index is 0.0891. The third kappa shape index (κ3) is 2.17. The van der Waals surface area contributed by atoms with Crippen LogP contribution in [0.25, 0.3) is 0 Å². The Balaban J connectivity index is 1.81. The second-order valence-electron chi connectivity index (χ2n) is 6.52. The first-order valence-electron chi connectivity index (χ1n) is 7.40. The van der Waals surface area contributed by atoms with Crippen molar-refractivity contribution < 1.29 is 4.74 Å². The molecular formula is C17H19N3O. The summed E-state index contributed by atoms with van der Waals surface area (Å²) in [6.07, 6.45) is 2.64. The normalized spacial score (nSPS) is 29.4. The molecule has 4 nitrogen and oxygen atoms in total. The molecule has 1 aromatic rings. The first-order valence-corrected chi connectivity index (χ1v) is 7.40. The van der Waals surface area contributed by atoms with Crippen LogP contribution in [0.15, 0.2) is 18.2 Å². The molecule has 2 fully saturated rings. The van der Waals surface area contributed by atoms with Crippen molar-refractivity contribution in [2.24, 2.45) is 11.3 Å². The van der Waals surface area contributed by atoms with Crippen LogP contribution in [0.4, 0.5) is 5.69 Å². The van der Waals surface area contributed by atoms with Crippen molar-refractivity contribution in [3.63, 3.8) is 0 Å². The van der Waals surface area contributed by atoms with E-state index in [1.807, 2.05) is 12.1 Å². The van der Waals surface area contributed by atoms with Gasteiger partial charge in [-0.1, -0.05) is 13.8 Å². The van der Waals surface area contributed by atoms with Gasteiger partial charge in [0.05, 0.1) is 17.2 Å². The number of nitrogens with one attached hydrogen (secondary N) is 1. The number of ether oxygens (including phenoxy) is 1. The van der Waals surface area contributed by atoms with E-state index in [-0.39, 0.29) is 5.41 Å². The quantitative estimate of drug-likeness (QED) is 0.904. The molecule has 1 aliphatic carbocycles. The Kier molecular flexibility index (Phi) is 3.35. The van der Waals surface area contributed by atoms with Crippen molar-refractivity contribution in [3.05, 3.63) is 29.3 Å². The van der Waals surface area contributed by atoms with Gasteiger partial charge in [-0.05, 0) is 31.0 Å². The number of anilines is 1. The number of benzene rings is 1. The lowest BCUT2D eigenvalue weighted by atomic mass is 9.55. The Labute approximate surface area is 125 Å². The molecule has 2 aliphatic rings. The van der Waals surface area contributed by atoms with E-state index in [0.29, 0.717) is 29.2 Å². The second kappa shape index (κ2) is 5.06. The van der Waals surface area contributed by atoms with E-state index in [1.165, 1.54) is 6.42 Å². The molecule has 1 aromatic carbocycles. The maximum Gasteiger partial charge on any atom is 0.101 e. The summed E-state index contributed by atoms with van der Waals surface area (Å²) in [5.74, 6) is 0.537. The zero-order valence-corrected chi connectivity index (χ0v) is 12.4. The smallest absolute Gasteiger partial charge is 0.101 e. The fraction of sp³-hybridized carbons (Fsp3) is 0.529. The lowest BCUT2D eigenvalue weighted by molar-refractivity contribution is -0.177. The van der Waals surface area contributed by atoms with E-state index >= 15 is 0 Å². The highest BCUT2D eigenvalue weighted by Gasteiger charge is 2.57. The average Bonchev–Trinajstić information content (AvgIpc) is 2.52. The highest BCUT2D eigenvalue weighted by molar-refractivity contribution is 5.57. The maximum absolute atomic E-state index is 9.12. The van der Waals surface area contributed by atoms with Crippen molar-refractivity contribution >= 4 is 5.69 Å². The molecule has 0 bridgehead atoms. The number of nitriles is 2. The molecule has 1 N–H and O–H groups in total. The molecule has 108 valence electrons. The Hall–Kier alpha value is -2.04. The molecule has 1 aliphatic heterocycles. The van der Waals surface area contributed by atoms with Crippen LogP contribution in [-0.4, -0.2) is 18.8 Å². The van der Waals surface area contributed by atoms with Crippen molar-refractivity contribution in [1.29, 1.82) is 10.5 Å². The molecule has 3 atom stereocenters. The monoisotopic (exact) mass is 281 g/mol. The van der Waals surface area contributed by atoms with E-state index in [1.54, 1.807) is 12.1 Å². The number of rotatable bonds is 2. The zero-order valence-electron chi connectivity index (χ0n) is 12.4. The van der Waals surface area contributed by atoms with Crippen molar-refractivity contribution in [2.75, 3.05) is 11.9 Å². The predicted octanol–water partition coefficient (Wildman–Crippen LogP) is 3.05. The highest BCUT2D eigenvalue weighted by atomic mass is 16.5.